The van der Waals surface area contributed by atoms with Gasteiger partial charge in [-0.05, 0) is 24.1 Å². The predicted molar refractivity (Wildman–Crippen MR) is 59.6 cm³/mol. The molecule has 1 aromatic rings. The third-order valence-electron chi connectivity index (χ3n) is 1.89. The van der Waals surface area contributed by atoms with Crippen LogP contribution in [-0.2, 0) is 6.42 Å². The molecule has 0 amide bonds. The normalized spacial score (nSPS) is 10.0. The standard InChI is InChI=1S/C11H16ClN/c1-2-4-10-5-3-6-11(9-10)13-8-7-12/h3,5-6,9,13H,2,4,7-8H2,1H3. The second-order valence-corrected chi connectivity index (χ2v) is 3.44. The zero-order chi connectivity index (χ0) is 9.52. The summed E-state index contributed by atoms with van der Waals surface area (Å²) in [5.74, 6) is 0.651. The minimum absolute atomic E-state index is 0.651. The van der Waals surface area contributed by atoms with Gasteiger partial charge in [0.15, 0.2) is 0 Å². The van der Waals surface area contributed by atoms with E-state index in [9.17, 15) is 0 Å². The molecule has 72 valence electrons. The van der Waals surface area contributed by atoms with Gasteiger partial charge in [-0.25, -0.2) is 0 Å². The van der Waals surface area contributed by atoms with E-state index in [2.05, 4.69) is 36.5 Å². The molecule has 0 aliphatic heterocycles. The fourth-order valence-corrected chi connectivity index (χ4v) is 1.41. The summed E-state index contributed by atoms with van der Waals surface area (Å²) in [7, 11) is 0. The SMILES string of the molecule is CCCc1cccc(NCCCl)c1. The number of benzene rings is 1. The number of aryl methyl sites for hydroxylation is 1. The molecule has 0 aromatic heterocycles. The fourth-order valence-electron chi connectivity index (χ4n) is 1.32. The van der Waals surface area contributed by atoms with E-state index < -0.39 is 0 Å². The largest absolute Gasteiger partial charge is 0.384 e. The smallest absolute Gasteiger partial charge is 0.0396 e. The van der Waals surface area contributed by atoms with Gasteiger partial charge in [0, 0.05) is 18.1 Å². The Kier molecular flexibility index (Phi) is 4.69. The molecule has 1 N–H and O–H groups in total. The van der Waals surface area contributed by atoms with Crippen LogP contribution in [0.15, 0.2) is 24.3 Å². The Morgan fingerprint density at radius 2 is 2.23 bits per heavy atom. The molecule has 0 spiro atoms. The van der Waals surface area contributed by atoms with E-state index in [1.54, 1.807) is 0 Å². The van der Waals surface area contributed by atoms with E-state index in [1.807, 2.05) is 0 Å². The van der Waals surface area contributed by atoms with Crippen molar-refractivity contribution in [2.24, 2.45) is 0 Å². The number of anilines is 1. The molecule has 0 aliphatic carbocycles. The van der Waals surface area contributed by atoms with Crippen LogP contribution < -0.4 is 5.32 Å². The van der Waals surface area contributed by atoms with E-state index in [4.69, 9.17) is 11.6 Å². The Morgan fingerprint density at radius 3 is 2.92 bits per heavy atom. The summed E-state index contributed by atoms with van der Waals surface area (Å²) in [5, 5.41) is 3.26. The second-order valence-electron chi connectivity index (χ2n) is 3.07. The molecule has 0 aliphatic rings. The lowest BCUT2D eigenvalue weighted by atomic mass is 10.1. The molecule has 0 fully saturated rings. The maximum atomic E-state index is 5.59. The third kappa shape index (κ3) is 3.69. The quantitative estimate of drug-likeness (QED) is 0.715. The first kappa shape index (κ1) is 10.4. The van der Waals surface area contributed by atoms with Gasteiger partial charge in [-0.1, -0.05) is 25.5 Å². The van der Waals surface area contributed by atoms with Gasteiger partial charge in [-0.15, -0.1) is 11.6 Å². The van der Waals surface area contributed by atoms with Crippen LogP contribution in [0.4, 0.5) is 5.69 Å². The summed E-state index contributed by atoms with van der Waals surface area (Å²) in [6, 6.07) is 8.51. The molecule has 0 atom stereocenters. The fraction of sp³-hybridized carbons (Fsp3) is 0.455. The first-order valence-electron chi connectivity index (χ1n) is 4.75. The third-order valence-corrected chi connectivity index (χ3v) is 2.08. The van der Waals surface area contributed by atoms with Crippen molar-refractivity contribution in [1.82, 2.24) is 0 Å². The Labute approximate surface area is 85.1 Å². The number of halogens is 1. The summed E-state index contributed by atoms with van der Waals surface area (Å²) >= 11 is 5.59. The first-order valence-corrected chi connectivity index (χ1v) is 5.29. The van der Waals surface area contributed by atoms with Crippen molar-refractivity contribution in [3.63, 3.8) is 0 Å². The van der Waals surface area contributed by atoms with Gasteiger partial charge in [0.1, 0.15) is 0 Å². The number of alkyl halides is 1. The summed E-state index contributed by atoms with van der Waals surface area (Å²) in [5.41, 5.74) is 2.56. The molecule has 0 saturated heterocycles. The lowest BCUT2D eigenvalue weighted by Gasteiger charge is -2.05. The van der Waals surface area contributed by atoms with Gasteiger partial charge in [-0.3, -0.25) is 0 Å². The van der Waals surface area contributed by atoms with Crippen LogP contribution in [0.3, 0.4) is 0 Å². The number of hydrogen-bond donors (Lipinski definition) is 1. The Morgan fingerprint density at radius 1 is 1.38 bits per heavy atom. The molecule has 0 heterocycles. The van der Waals surface area contributed by atoms with Crippen LogP contribution in [0.1, 0.15) is 18.9 Å². The topological polar surface area (TPSA) is 12.0 Å². The van der Waals surface area contributed by atoms with Crippen LogP contribution >= 0.6 is 11.6 Å². The van der Waals surface area contributed by atoms with Gasteiger partial charge in [-0.2, -0.15) is 0 Å². The van der Waals surface area contributed by atoms with E-state index in [1.165, 1.54) is 17.7 Å². The highest BCUT2D eigenvalue weighted by Gasteiger charge is 1.93. The summed E-state index contributed by atoms with van der Waals surface area (Å²) < 4.78 is 0. The van der Waals surface area contributed by atoms with Crippen molar-refractivity contribution in [1.29, 1.82) is 0 Å². The van der Waals surface area contributed by atoms with Crippen molar-refractivity contribution >= 4 is 17.3 Å². The van der Waals surface area contributed by atoms with Crippen LogP contribution in [0.5, 0.6) is 0 Å². The van der Waals surface area contributed by atoms with Gasteiger partial charge < -0.3 is 5.32 Å². The highest BCUT2D eigenvalue weighted by Crippen LogP contribution is 2.11. The zero-order valence-electron chi connectivity index (χ0n) is 8.02. The van der Waals surface area contributed by atoms with E-state index in [0.29, 0.717) is 5.88 Å². The average molecular weight is 198 g/mol. The summed E-state index contributed by atoms with van der Waals surface area (Å²) in [6.45, 7) is 3.02. The highest BCUT2D eigenvalue weighted by molar-refractivity contribution is 6.18. The van der Waals surface area contributed by atoms with Gasteiger partial charge in [0.05, 0.1) is 0 Å². The predicted octanol–water partition coefficient (Wildman–Crippen LogP) is 3.29. The Balaban J connectivity index is 2.56. The zero-order valence-corrected chi connectivity index (χ0v) is 8.77. The molecule has 0 unspecified atom stereocenters. The monoisotopic (exact) mass is 197 g/mol. The number of nitrogens with one attached hydrogen (secondary N) is 1. The molecule has 1 rings (SSSR count). The van der Waals surface area contributed by atoms with Crippen LogP contribution in [0.25, 0.3) is 0 Å². The van der Waals surface area contributed by atoms with Crippen LogP contribution in [0, 0.1) is 0 Å². The molecule has 13 heavy (non-hydrogen) atoms. The van der Waals surface area contributed by atoms with Gasteiger partial charge in [0.2, 0.25) is 0 Å². The average Bonchev–Trinajstić information content (AvgIpc) is 2.16. The molecule has 1 aromatic carbocycles. The van der Waals surface area contributed by atoms with Crippen molar-refractivity contribution in [3.8, 4) is 0 Å². The first-order chi connectivity index (χ1) is 6.36. The minimum atomic E-state index is 0.651. The van der Waals surface area contributed by atoms with E-state index in [0.717, 1.165) is 13.0 Å². The maximum Gasteiger partial charge on any atom is 0.0396 e. The summed E-state index contributed by atoms with van der Waals surface area (Å²) in [6.07, 6.45) is 2.34. The van der Waals surface area contributed by atoms with Crippen LogP contribution in [0.2, 0.25) is 0 Å². The number of hydrogen-bond acceptors (Lipinski definition) is 1. The minimum Gasteiger partial charge on any atom is -0.384 e. The highest BCUT2D eigenvalue weighted by atomic mass is 35.5. The van der Waals surface area contributed by atoms with E-state index in [-0.39, 0.29) is 0 Å². The maximum absolute atomic E-state index is 5.59. The lowest BCUT2D eigenvalue weighted by Crippen LogP contribution is -2.02. The summed E-state index contributed by atoms with van der Waals surface area (Å²) in [4.78, 5) is 0. The van der Waals surface area contributed by atoms with Crippen LogP contribution in [-0.4, -0.2) is 12.4 Å². The number of rotatable bonds is 5. The van der Waals surface area contributed by atoms with Gasteiger partial charge >= 0.3 is 0 Å². The van der Waals surface area contributed by atoms with E-state index >= 15 is 0 Å². The molecule has 2 heteroatoms. The van der Waals surface area contributed by atoms with Crippen molar-refractivity contribution in [2.45, 2.75) is 19.8 Å². The molecule has 0 radical (unpaired) electrons. The molecular weight excluding hydrogens is 182 g/mol. The second kappa shape index (κ2) is 5.87. The molecular formula is C11H16ClN. The Hall–Kier alpha value is -0.690. The van der Waals surface area contributed by atoms with Gasteiger partial charge in [0.25, 0.3) is 0 Å². The molecule has 0 saturated carbocycles. The van der Waals surface area contributed by atoms with Crippen molar-refractivity contribution in [3.05, 3.63) is 29.8 Å². The van der Waals surface area contributed by atoms with Crippen molar-refractivity contribution < 1.29 is 0 Å². The van der Waals surface area contributed by atoms with Crippen molar-refractivity contribution in [2.75, 3.05) is 17.7 Å². The molecule has 0 bridgehead atoms. The molecule has 1 nitrogen and oxygen atoms in total. The Bertz CT molecular complexity index is 248. The lowest BCUT2D eigenvalue weighted by molar-refractivity contribution is 0.922.